The normalized spacial score (nSPS) is 30.5. The van der Waals surface area contributed by atoms with Crippen molar-refractivity contribution in [3.8, 4) is 0 Å². The molecule has 0 bridgehead atoms. The number of aliphatic hydroxyl groups excluding tert-OH is 1. The van der Waals surface area contributed by atoms with Crippen LogP contribution in [0.5, 0.6) is 0 Å². The molecule has 1 N–H and O–H groups in total. The van der Waals surface area contributed by atoms with E-state index in [4.69, 9.17) is 5.11 Å². The Bertz CT molecular complexity index is 138. The molecule has 0 spiro atoms. The second-order valence-electron chi connectivity index (χ2n) is 5.83. The summed E-state index contributed by atoms with van der Waals surface area (Å²) in [6.07, 6.45) is 6.52. The van der Waals surface area contributed by atoms with Crippen LogP contribution < -0.4 is 0 Å². The molecule has 0 saturated heterocycles. The molecule has 1 saturated carbocycles. The molecule has 1 aliphatic rings. The van der Waals surface area contributed by atoms with Gasteiger partial charge in [-0.15, -0.1) is 0 Å². The first kappa shape index (κ1) is 11.0. The highest BCUT2D eigenvalue weighted by Gasteiger charge is 2.24. The molecule has 1 rings (SSSR count). The third-order valence-electron chi connectivity index (χ3n) is 3.13. The average molecular weight is 184 g/mol. The number of hydrogen-bond donors (Lipinski definition) is 1. The maximum Gasteiger partial charge on any atom is 0.0459 e. The first-order valence-electron chi connectivity index (χ1n) is 5.62. The van der Waals surface area contributed by atoms with E-state index in [0.717, 1.165) is 5.92 Å². The van der Waals surface area contributed by atoms with Crippen LogP contribution in [0.2, 0.25) is 0 Å². The lowest BCUT2D eigenvalue weighted by Gasteiger charge is -2.31. The van der Waals surface area contributed by atoms with E-state index in [1.54, 1.807) is 0 Å². The van der Waals surface area contributed by atoms with Crippen molar-refractivity contribution in [1.29, 1.82) is 0 Å². The Labute approximate surface area is 82.5 Å². The molecule has 0 aliphatic heterocycles. The summed E-state index contributed by atoms with van der Waals surface area (Å²) in [4.78, 5) is 0. The molecule has 0 aromatic rings. The van der Waals surface area contributed by atoms with Gasteiger partial charge < -0.3 is 5.11 Å². The van der Waals surface area contributed by atoms with Crippen molar-refractivity contribution in [3.05, 3.63) is 0 Å². The van der Waals surface area contributed by atoms with Crippen LogP contribution in [0.1, 0.15) is 52.9 Å². The van der Waals surface area contributed by atoms with Gasteiger partial charge in [0.15, 0.2) is 0 Å². The zero-order valence-electron chi connectivity index (χ0n) is 9.34. The van der Waals surface area contributed by atoms with Crippen molar-refractivity contribution >= 4 is 0 Å². The van der Waals surface area contributed by atoms with Gasteiger partial charge >= 0.3 is 0 Å². The molecule has 1 aliphatic carbocycles. The molecule has 0 radical (unpaired) electrons. The molecular formula is C12H24O. The molecule has 1 fully saturated rings. The predicted octanol–water partition coefficient (Wildman–Crippen LogP) is 3.22. The lowest BCUT2D eigenvalue weighted by Crippen LogP contribution is -2.21. The summed E-state index contributed by atoms with van der Waals surface area (Å²) in [5, 5.41) is 9.01. The lowest BCUT2D eigenvalue weighted by molar-refractivity contribution is 0.147. The Kier molecular flexibility index (Phi) is 3.78. The van der Waals surface area contributed by atoms with E-state index in [0.29, 0.717) is 17.9 Å². The Balaban J connectivity index is 2.25. The Hall–Kier alpha value is -0.0400. The van der Waals surface area contributed by atoms with Gasteiger partial charge in [0.25, 0.3) is 0 Å². The van der Waals surface area contributed by atoms with Gasteiger partial charge in [-0.05, 0) is 36.5 Å². The third-order valence-corrected chi connectivity index (χ3v) is 3.13. The molecule has 0 heterocycles. The van der Waals surface area contributed by atoms with E-state index in [2.05, 4.69) is 20.8 Å². The minimum atomic E-state index is 0.405. The summed E-state index contributed by atoms with van der Waals surface area (Å²) in [6.45, 7) is 7.38. The summed E-state index contributed by atoms with van der Waals surface area (Å²) in [5.41, 5.74) is 0.483. The minimum absolute atomic E-state index is 0.405. The third kappa shape index (κ3) is 4.12. The number of rotatable bonds is 2. The van der Waals surface area contributed by atoms with E-state index in [9.17, 15) is 0 Å². The van der Waals surface area contributed by atoms with Crippen LogP contribution in [-0.2, 0) is 0 Å². The quantitative estimate of drug-likeness (QED) is 0.698. The van der Waals surface area contributed by atoms with Crippen molar-refractivity contribution in [2.24, 2.45) is 17.3 Å². The van der Waals surface area contributed by atoms with Crippen molar-refractivity contribution in [3.63, 3.8) is 0 Å². The van der Waals surface area contributed by atoms with Crippen LogP contribution in [0.3, 0.4) is 0 Å². The van der Waals surface area contributed by atoms with Crippen LogP contribution in [0, 0.1) is 17.3 Å². The highest BCUT2D eigenvalue weighted by molar-refractivity contribution is 4.76. The van der Waals surface area contributed by atoms with Gasteiger partial charge in [-0.2, -0.15) is 0 Å². The molecule has 78 valence electrons. The van der Waals surface area contributed by atoms with Crippen molar-refractivity contribution in [2.75, 3.05) is 6.61 Å². The van der Waals surface area contributed by atoms with E-state index < -0.39 is 0 Å². The molecule has 0 aromatic carbocycles. The number of aliphatic hydroxyl groups is 1. The zero-order valence-corrected chi connectivity index (χ0v) is 9.34. The first-order valence-corrected chi connectivity index (χ1v) is 5.62. The molecule has 0 atom stereocenters. The standard InChI is InChI=1S/C12H24O/c1-12(2,3)8-10-4-6-11(9-13)7-5-10/h10-11,13H,4-9H2,1-3H3. The van der Waals surface area contributed by atoms with Crippen molar-refractivity contribution in [2.45, 2.75) is 52.9 Å². The molecule has 0 aromatic heterocycles. The van der Waals surface area contributed by atoms with E-state index >= 15 is 0 Å². The van der Waals surface area contributed by atoms with Gasteiger partial charge in [0, 0.05) is 6.61 Å². The molecule has 0 amide bonds. The smallest absolute Gasteiger partial charge is 0.0459 e. The summed E-state index contributed by atoms with van der Waals surface area (Å²) in [6, 6.07) is 0. The summed E-state index contributed by atoms with van der Waals surface area (Å²) >= 11 is 0. The van der Waals surface area contributed by atoms with Crippen LogP contribution in [0.15, 0.2) is 0 Å². The summed E-state index contributed by atoms with van der Waals surface area (Å²) < 4.78 is 0. The van der Waals surface area contributed by atoms with Gasteiger partial charge in [0.2, 0.25) is 0 Å². The summed E-state index contributed by atoms with van der Waals surface area (Å²) in [5.74, 6) is 1.53. The Morgan fingerprint density at radius 1 is 1.00 bits per heavy atom. The maximum absolute atomic E-state index is 9.01. The minimum Gasteiger partial charge on any atom is -0.396 e. The lowest BCUT2D eigenvalue weighted by atomic mass is 9.75. The van der Waals surface area contributed by atoms with Crippen LogP contribution in [0.25, 0.3) is 0 Å². The Morgan fingerprint density at radius 3 is 1.85 bits per heavy atom. The van der Waals surface area contributed by atoms with E-state index in [-0.39, 0.29) is 0 Å². The largest absolute Gasteiger partial charge is 0.396 e. The van der Waals surface area contributed by atoms with Gasteiger partial charge in [0.05, 0.1) is 0 Å². The fourth-order valence-corrected chi connectivity index (χ4v) is 2.48. The SMILES string of the molecule is CC(C)(C)CC1CCC(CO)CC1. The number of hydrogen-bond acceptors (Lipinski definition) is 1. The highest BCUT2D eigenvalue weighted by Crippen LogP contribution is 2.36. The van der Waals surface area contributed by atoms with Crippen molar-refractivity contribution < 1.29 is 5.11 Å². The van der Waals surface area contributed by atoms with E-state index in [1.807, 2.05) is 0 Å². The fraction of sp³-hybridized carbons (Fsp3) is 1.00. The molecule has 1 nitrogen and oxygen atoms in total. The monoisotopic (exact) mass is 184 g/mol. The topological polar surface area (TPSA) is 20.2 Å². The van der Waals surface area contributed by atoms with Crippen molar-refractivity contribution in [1.82, 2.24) is 0 Å². The Morgan fingerprint density at radius 2 is 1.46 bits per heavy atom. The maximum atomic E-state index is 9.01. The zero-order chi connectivity index (χ0) is 9.90. The van der Waals surface area contributed by atoms with Crippen LogP contribution in [0.4, 0.5) is 0 Å². The molecule has 13 heavy (non-hydrogen) atoms. The second-order valence-corrected chi connectivity index (χ2v) is 5.83. The van der Waals surface area contributed by atoms with Gasteiger partial charge in [-0.1, -0.05) is 33.6 Å². The van der Waals surface area contributed by atoms with Crippen LogP contribution in [-0.4, -0.2) is 11.7 Å². The molecular weight excluding hydrogens is 160 g/mol. The van der Waals surface area contributed by atoms with Gasteiger partial charge in [-0.25, -0.2) is 0 Å². The second kappa shape index (κ2) is 4.45. The molecule has 1 heteroatoms. The predicted molar refractivity (Wildman–Crippen MR) is 56.6 cm³/mol. The van der Waals surface area contributed by atoms with Gasteiger partial charge in [0.1, 0.15) is 0 Å². The van der Waals surface area contributed by atoms with Crippen LogP contribution >= 0.6 is 0 Å². The molecule has 0 unspecified atom stereocenters. The fourth-order valence-electron chi connectivity index (χ4n) is 2.48. The van der Waals surface area contributed by atoms with E-state index in [1.165, 1.54) is 32.1 Å². The summed E-state index contributed by atoms with van der Waals surface area (Å²) in [7, 11) is 0. The highest BCUT2D eigenvalue weighted by atomic mass is 16.3. The average Bonchev–Trinajstić information content (AvgIpc) is 2.03. The van der Waals surface area contributed by atoms with Gasteiger partial charge in [-0.3, -0.25) is 0 Å². The first-order chi connectivity index (χ1) is 6.01.